The van der Waals surface area contributed by atoms with Gasteiger partial charge in [-0.15, -0.1) is 0 Å². The van der Waals surface area contributed by atoms with Crippen LogP contribution in [0.2, 0.25) is 0 Å². The van der Waals surface area contributed by atoms with Crippen molar-refractivity contribution in [2.75, 3.05) is 9.39 Å². The van der Waals surface area contributed by atoms with Crippen molar-refractivity contribution in [2.24, 2.45) is 0 Å². The average Bonchev–Trinajstić information content (AvgIpc) is 2.94. The van der Waals surface area contributed by atoms with Gasteiger partial charge in [0, 0.05) is 0 Å². The van der Waals surface area contributed by atoms with E-state index in [0.29, 0.717) is 0 Å². The average molecular weight is 415 g/mol. The molecule has 0 aromatic carbocycles. The van der Waals surface area contributed by atoms with Crippen molar-refractivity contribution < 1.29 is 8.42 Å². The first-order chi connectivity index (χ1) is 9.55. The summed E-state index contributed by atoms with van der Waals surface area (Å²) in [5, 5.41) is 0. The van der Waals surface area contributed by atoms with E-state index in [4.69, 9.17) is 11.6 Å². The molecule has 1 aromatic heterocycles. The van der Waals surface area contributed by atoms with Gasteiger partial charge in [0.2, 0.25) is 0 Å². The van der Waals surface area contributed by atoms with Gasteiger partial charge in [0.1, 0.15) is 0 Å². The fourth-order valence-electron chi connectivity index (χ4n) is 2.00. The Balaban J connectivity index is 2.13. The fraction of sp³-hybridized carbons (Fsp3) is 0.308. The van der Waals surface area contributed by atoms with E-state index in [0.717, 1.165) is 14.8 Å². The van der Waals surface area contributed by atoms with Crippen molar-refractivity contribution in [3.05, 3.63) is 45.6 Å². The Labute approximate surface area is 132 Å². The van der Waals surface area contributed by atoms with Gasteiger partial charge in [-0.3, -0.25) is 0 Å². The number of hydrogen-bond acceptors (Lipinski definition) is 3. The minimum absolute atomic E-state index is 0.0833. The zero-order valence-corrected chi connectivity index (χ0v) is 16.1. The third kappa shape index (κ3) is 4.10. The maximum absolute atomic E-state index is 11.5. The number of sulfonamides is 1. The van der Waals surface area contributed by atoms with Crippen LogP contribution in [0, 0.1) is 0 Å². The van der Waals surface area contributed by atoms with Gasteiger partial charge in [-0.1, -0.05) is 0 Å². The summed E-state index contributed by atoms with van der Waals surface area (Å²) in [7, 11) is -3.18. The van der Waals surface area contributed by atoms with Crippen LogP contribution in [0.15, 0.2) is 34.4 Å². The second-order valence-electron chi connectivity index (χ2n) is 4.57. The molecule has 106 valence electrons. The normalized spacial score (nSPS) is 14.7. The Morgan fingerprint density at radius 2 is 2.20 bits per heavy atom. The summed E-state index contributed by atoms with van der Waals surface area (Å²) in [4.78, 5) is 4.21. The van der Waals surface area contributed by atoms with Crippen LogP contribution in [0.25, 0.3) is 3.33 Å². The van der Waals surface area contributed by atoms with E-state index in [9.17, 15) is 8.42 Å². The van der Waals surface area contributed by atoms with Crippen molar-refractivity contribution in [1.82, 2.24) is 9.71 Å². The SMILES string of the molecule is CCS(=O)(=O)NCc1cncc([C]2=CC=[CH][In]2[CH2]Cl)c1. The molecule has 20 heavy (non-hydrogen) atoms. The van der Waals surface area contributed by atoms with E-state index in [1.807, 2.05) is 12.3 Å². The van der Waals surface area contributed by atoms with E-state index in [2.05, 4.69) is 25.7 Å². The summed E-state index contributed by atoms with van der Waals surface area (Å²) < 4.78 is 29.8. The van der Waals surface area contributed by atoms with E-state index < -0.39 is 31.5 Å². The molecule has 0 saturated heterocycles. The predicted molar refractivity (Wildman–Crippen MR) is 84.1 cm³/mol. The number of allylic oxidation sites excluding steroid dienone is 2. The van der Waals surface area contributed by atoms with Crippen molar-refractivity contribution in [1.29, 1.82) is 0 Å². The van der Waals surface area contributed by atoms with Gasteiger partial charge in [0.25, 0.3) is 0 Å². The van der Waals surface area contributed by atoms with E-state index >= 15 is 0 Å². The number of alkyl halides is 1. The van der Waals surface area contributed by atoms with Gasteiger partial charge in [-0.2, -0.15) is 0 Å². The molecule has 1 aromatic rings. The van der Waals surface area contributed by atoms with Gasteiger partial charge >= 0.3 is 133 Å². The molecule has 0 spiro atoms. The third-order valence-corrected chi connectivity index (χ3v) is 13.5. The maximum atomic E-state index is 11.5. The summed E-state index contributed by atoms with van der Waals surface area (Å²) >= 11 is 4.08. The molecule has 1 N–H and O–H groups in total. The first kappa shape index (κ1) is 16.1. The molecule has 1 aliphatic rings. The van der Waals surface area contributed by atoms with Crippen LogP contribution < -0.4 is 4.72 Å². The fourth-order valence-corrected chi connectivity index (χ4v) is 9.54. The molecule has 0 amide bonds. The molecule has 7 heteroatoms. The van der Waals surface area contributed by atoms with Crippen LogP contribution in [0.5, 0.6) is 0 Å². The van der Waals surface area contributed by atoms with Gasteiger partial charge in [-0.25, -0.2) is 0 Å². The number of rotatable bonds is 6. The molecule has 0 unspecified atom stereocenters. The summed E-state index contributed by atoms with van der Waals surface area (Å²) in [6.45, 7) is 1.89. The van der Waals surface area contributed by atoms with Crippen LogP contribution in [0.4, 0.5) is 0 Å². The topological polar surface area (TPSA) is 59.1 Å². The van der Waals surface area contributed by atoms with Crippen molar-refractivity contribution in [2.45, 2.75) is 13.5 Å². The molecule has 0 radical (unpaired) electrons. The molecule has 2 rings (SSSR count). The molecule has 0 saturated carbocycles. The van der Waals surface area contributed by atoms with Crippen molar-refractivity contribution >= 4 is 46.4 Å². The summed E-state index contributed by atoms with van der Waals surface area (Å²) in [5.74, 6) is 0.0833. The Morgan fingerprint density at radius 3 is 2.90 bits per heavy atom. The quantitative estimate of drug-likeness (QED) is 0.723. The second kappa shape index (κ2) is 7.11. The van der Waals surface area contributed by atoms with Crippen LogP contribution >= 0.6 is 11.6 Å². The van der Waals surface area contributed by atoms with Gasteiger partial charge in [-0.05, 0) is 0 Å². The molecule has 0 bridgehead atoms. The summed E-state index contributed by atoms with van der Waals surface area (Å²) in [6.07, 6.45) is 7.70. The standard InChI is InChI=1S/C12H14N2O2S.CH2Cl.In/c1-3-5-6-11-7-12(9-13-8-11)10-14-17(15,16)4-2;1-2;/h1,3,5,7-9,14H,4,10H2,2H3;1H2;. The molecule has 0 aliphatic carbocycles. The van der Waals surface area contributed by atoms with Crippen LogP contribution in [0.3, 0.4) is 0 Å². The van der Waals surface area contributed by atoms with Crippen molar-refractivity contribution in [3.63, 3.8) is 0 Å². The van der Waals surface area contributed by atoms with Crippen LogP contribution in [-0.4, -0.2) is 44.2 Å². The molecular weight excluding hydrogens is 398 g/mol. The Kier molecular flexibility index (Phi) is 5.72. The number of nitrogens with one attached hydrogen (secondary N) is 1. The Morgan fingerprint density at radius 1 is 1.40 bits per heavy atom. The monoisotopic (exact) mass is 414 g/mol. The Bertz CT molecular complexity index is 644. The molecule has 4 nitrogen and oxygen atoms in total. The van der Waals surface area contributed by atoms with Gasteiger partial charge < -0.3 is 0 Å². The van der Waals surface area contributed by atoms with Crippen LogP contribution in [-0.2, 0) is 16.6 Å². The summed E-state index contributed by atoms with van der Waals surface area (Å²) in [6, 6.07) is 2.00. The third-order valence-electron chi connectivity index (χ3n) is 3.19. The first-order valence-corrected chi connectivity index (χ1v) is 14.5. The van der Waals surface area contributed by atoms with Gasteiger partial charge in [0.15, 0.2) is 0 Å². The molecule has 2 heterocycles. The minimum atomic E-state index is -3.18. The molecule has 1 aliphatic heterocycles. The summed E-state index contributed by atoms with van der Waals surface area (Å²) in [5.41, 5.74) is 1.94. The number of hydrogen-bond donors (Lipinski definition) is 1. The van der Waals surface area contributed by atoms with E-state index in [1.54, 1.807) is 13.1 Å². The molecule has 0 atom stereocenters. The first-order valence-electron chi connectivity index (χ1n) is 6.41. The molecule has 0 fully saturated rings. The molecular formula is C13H16ClInN2O2S. The van der Waals surface area contributed by atoms with Gasteiger partial charge in [0.05, 0.1) is 0 Å². The second-order valence-corrected chi connectivity index (χ2v) is 16.0. The van der Waals surface area contributed by atoms with Crippen LogP contribution in [0.1, 0.15) is 18.1 Å². The zero-order valence-electron chi connectivity index (χ0n) is 11.2. The van der Waals surface area contributed by atoms with Crippen molar-refractivity contribution in [3.8, 4) is 0 Å². The predicted octanol–water partition coefficient (Wildman–Crippen LogP) is 1.83. The number of halogens is 1. The van der Waals surface area contributed by atoms with E-state index in [1.165, 1.54) is 3.33 Å². The zero-order chi connectivity index (χ0) is 14.6. The number of nitrogens with zero attached hydrogens (tertiary/aromatic N) is 1. The Hall–Kier alpha value is -0.300. The number of pyridine rings is 1. The number of aromatic nitrogens is 1. The van der Waals surface area contributed by atoms with E-state index in [-0.39, 0.29) is 12.3 Å².